The molecule has 1 aliphatic rings. The minimum absolute atomic E-state index is 0.0220. The molecule has 7 nitrogen and oxygen atoms in total. The van der Waals surface area contributed by atoms with Crippen molar-refractivity contribution >= 4 is 33.5 Å². The Hall–Kier alpha value is -1.83. The van der Waals surface area contributed by atoms with Crippen LogP contribution in [-0.4, -0.2) is 44.9 Å². The van der Waals surface area contributed by atoms with Crippen LogP contribution in [0.25, 0.3) is 5.65 Å². The van der Waals surface area contributed by atoms with E-state index in [2.05, 4.69) is 31.3 Å². The highest BCUT2D eigenvalue weighted by Gasteiger charge is 2.29. The molecule has 18 heavy (non-hydrogen) atoms. The third kappa shape index (κ3) is 1.88. The summed E-state index contributed by atoms with van der Waals surface area (Å²) in [6.07, 6.45) is 0.706. The quantitative estimate of drug-likeness (QED) is 0.863. The van der Waals surface area contributed by atoms with Crippen molar-refractivity contribution in [2.24, 2.45) is 0 Å². The fourth-order valence-corrected chi connectivity index (χ4v) is 2.30. The summed E-state index contributed by atoms with van der Waals surface area (Å²) < 4.78 is 2.49. The molecule has 1 fully saturated rings. The predicted molar refractivity (Wildman–Crippen MR) is 67.8 cm³/mol. The number of nitrogens with one attached hydrogen (secondary N) is 1. The second-order valence-corrected chi connectivity index (χ2v) is 4.91. The molecule has 0 radical (unpaired) electrons. The topological polar surface area (TPSA) is 82.8 Å². The lowest BCUT2D eigenvalue weighted by Gasteiger charge is -2.39. The summed E-state index contributed by atoms with van der Waals surface area (Å²) in [4.78, 5) is 16.6. The molecule has 0 aromatic carbocycles. The average Bonchev–Trinajstić information content (AvgIpc) is 2.64. The van der Waals surface area contributed by atoms with Gasteiger partial charge in [-0.25, -0.2) is 14.3 Å². The van der Waals surface area contributed by atoms with Crippen molar-refractivity contribution in [3.63, 3.8) is 0 Å². The van der Waals surface area contributed by atoms with Crippen LogP contribution in [-0.2, 0) is 0 Å². The Labute approximate surface area is 111 Å². The molecule has 94 valence electrons. The molecule has 1 aliphatic heterocycles. The molecule has 1 amide bonds. The zero-order valence-electron chi connectivity index (χ0n) is 9.25. The first-order valence-corrected chi connectivity index (χ1v) is 6.17. The Kier molecular flexibility index (Phi) is 2.58. The van der Waals surface area contributed by atoms with Crippen LogP contribution in [0.3, 0.4) is 0 Å². The number of aromatic nitrogens is 3. The fourth-order valence-electron chi connectivity index (χ4n) is 1.94. The number of fused-ring (bicyclic) bond motifs is 1. The van der Waals surface area contributed by atoms with Crippen LogP contribution >= 0.6 is 15.9 Å². The standard InChI is InChI=1S/C10H10BrN5O2/c11-7-3-12-8-1-2-9(14-16(7)8)15-4-6(5-15)13-10(17)18/h1-3,6,13H,4-5H2,(H,17,18). The number of hydrogen-bond donors (Lipinski definition) is 2. The molecule has 0 saturated carbocycles. The van der Waals surface area contributed by atoms with Gasteiger partial charge in [0.05, 0.1) is 12.2 Å². The summed E-state index contributed by atoms with van der Waals surface area (Å²) in [5.74, 6) is 0.810. The van der Waals surface area contributed by atoms with Gasteiger partial charge in [0.1, 0.15) is 10.4 Å². The van der Waals surface area contributed by atoms with Crippen molar-refractivity contribution in [1.29, 1.82) is 0 Å². The van der Waals surface area contributed by atoms with Gasteiger partial charge in [-0.05, 0) is 28.1 Å². The monoisotopic (exact) mass is 311 g/mol. The molecule has 0 aliphatic carbocycles. The Morgan fingerprint density at radius 1 is 1.50 bits per heavy atom. The number of imidazole rings is 1. The molecule has 3 heterocycles. The summed E-state index contributed by atoms with van der Waals surface area (Å²) >= 11 is 3.36. The third-order valence-corrected chi connectivity index (χ3v) is 3.38. The first-order valence-electron chi connectivity index (χ1n) is 5.38. The molecule has 1 saturated heterocycles. The number of anilines is 1. The Morgan fingerprint density at radius 2 is 2.28 bits per heavy atom. The molecule has 2 aromatic rings. The second-order valence-electron chi connectivity index (χ2n) is 4.09. The first-order chi connectivity index (χ1) is 8.63. The van der Waals surface area contributed by atoms with Gasteiger partial charge in [-0.15, -0.1) is 5.10 Å². The van der Waals surface area contributed by atoms with Crippen molar-refractivity contribution in [1.82, 2.24) is 19.9 Å². The molecule has 8 heteroatoms. The number of carboxylic acid groups (broad SMARTS) is 1. The minimum atomic E-state index is -0.986. The molecular weight excluding hydrogens is 302 g/mol. The van der Waals surface area contributed by atoms with Crippen LogP contribution in [0.15, 0.2) is 22.9 Å². The molecule has 2 aromatic heterocycles. The van der Waals surface area contributed by atoms with E-state index in [0.29, 0.717) is 13.1 Å². The van der Waals surface area contributed by atoms with Crippen molar-refractivity contribution < 1.29 is 9.90 Å². The number of amides is 1. The van der Waals surface area contributed by atoms with Gasteiger partial charge in [0.2, 0.25) is 0 Å². The first kappa shape index (κ1) is 11.3. The van der Waals surface area contributed by atoms with Crippen LogP contribution in [0.1, 0.15) is 0 Å². The fraction of sp³-hybridized carbons (Fsp3) is 0.300. The lowest BCUT2D eigenvalue weighted by molar-refractivity contribution is 0.187. The molecule has 2 N–H and O–H groups in total. The summed E-state index contributed by atoms with van der Waals surface area (Å²) in [6.45, 7) is 1.27. The van der Waals surface area contributed by atoms with Crippen LogP contribution in [0.4, 0.5) is 10.6 Å². The number of rotatable bonds is 2. The van der Waals surface area contributed by atoms with Gasteiger partial charge >= 0.3 is 6.09 Å². The van der Waals surface area contributed by atoms with Gasteiger partial charge in [0.25, 0.3) is 0 Å². The van der Waals surface area contributed by atoms with Crippen LogP contribution in [0.2, 0.25) is 0 Å². The predicted octanol–water partition coefficient (Wildman–Crippen LogP) is 0.948. The molecule has 0 bridgehead atoms. The van der Waals surface area contributed by atoms with E-state index in [0.717, 1.165) is 16.1 Å². The molecular formula is C10H10BrN5O2. The number of nitrogens with zero attached hydrogens (tertiary/aromatic N) is 4. The lowest BCUT2D eigenvalue weighted by Crippen LogP contribution is -2.59. The molecule has 0 unspecified atom stereocenters. The zero-order valence-corrected chi connectivity index (χ0v) is 10.8. The van der Waals surface area contributed by atoms with Gasteiger partial charge in [-0.3, -0.25) is 0 Å². The summed E-state index contributed by atoms with van der Waals surface area (Å²) in [5.41, 5.74) is 0.770. The lowest BCUT2D eigenvalue weighted by atomic mass is 10.1. The number of halogens is 1. The minimum Gasteiger partial charge on any atom is -0.465 e. The van der Waals surface area contributed by atoms with Crippen molar-refractivity contribution in [3.8, 4) is 0 Å². The van der Waals surface area contributed by atoms with Gasteiger partial charge in [0.15, 0.2) is 5.65 Å². The van der Waals surface area contributed by atoms with Crippen LogP contribution in [0, 0.1) is 0 Å². The number of hydrogen-bond acceptors (Lipinski definition) is 4. The van der Waals surface area contributed by atoms with E-state index >= 15 is 0 Å². The largest absolute Gasteiger partial charge is 0.465 e. The van der Waals surface area contributed by atoms with E-state index in [4.69, 9.17) is 5.11 Å². The highest BCUT2D eigenvalue weighted by molar-refractivity contribution is 9.10. The van der Waals surface area contributed by atoms with E-state index in [9.17, 15) is 4.79 Å². The van der Waals surface area contributed by atoms with Gasteiger partial charge in [-0.2, -0.15) is 0 Å². The SMILES string of the molecule is O=C(O)NC1CN(c2ccc3ncc(Br)n3n2)C1. The average molecular weight is 312 g/mol. The second kappa shape index (κ2) is 4.13. The van der Waals surface area contributed by atoms with Crippen LogP contribution < -0.4 is 10.2 Å². The highest BCUT2D eigenvalue weighted by atomic mass is 79.9. The Balaban J connectivity index is 1.76. The van der Waals surface area contributed by atoms with E-state index in [-0.39, 0.29) is 6.04 Å². The normalized spacial score (nSPS) is 15.7. The highest BCUT2D eigenvalue weighted by Crippen LogP contribution is 2.20. The summed E-state index contributed by atoms with van der Waals surface area (Å²) in [6, 6.07) is 3.74. The smallest absolute Gasteiger partial charge is 0.405 e. The maximum Gasteiger partial charge on any atom is 0.405 e. The summed E-state index contributed by atoms with van der Waals surface area (Å²) in [7, 11) is 0. The third-order valence-electron chi connectivity index (χ3n) is 2.84. The van der Waals surface area contributed by atoms with Crippen molar-refractivity contribution in [2.45, 2.75) is 6.04 Å². The van der Waals surface area contributed by atoms with Crippen LogP contribution in [0.5, 0.6) is 0 Å². The zero-order chi connectivity index (χ0) is 12.7. The Morgan fingerprint density at radius 3 is 3.00 bits per heavy atom. The molecule has 0 atom stereocenters. The van der Waals surface area contributed by atoms with E-state index in [1.807, 2.05) is 17.0 Å². The summed E-state index contributed by atoms with van der Waals surface area (Å²) in [5, 5.41) is 15.5. The van der Waals surface area contributed by atoms with E-state index in [1.54, 1.807) is 10.7 Å². The maximum absolute atomic E-state index is 10.5. The Bertz CT molecular complexity index is 607. The van der Waals surface area contributed by atoms with Gasteiger partial charge in [0, 0.05) is 13.1 Å². The molecule has 0 spiro atoms. The van der Waals surface area contributed by atoms with Gasteiger partial charge in [-0.1, -0.05) is 0 Å². The molecule has 3 rings (SSSR count). The van der Waals surface area contributed by atoms with Gasteiger partial charge < -0.3 is 15.3 Å². The van der Waals surface area contributed by atoms with E-state index < -0.39 is 6.09 Å². The van der Waals surface area contributed by atoms with Crippen molar-refractivity contribution in [2.75, 3.05) is 18.0 Å². The number of carbonyl (C=O) groups is 1. The maximum atomic E-state index is 10.5. The van der Waals surface area contributed by atoms with E-state index in [1.165, 1.54) is 0 Å². The van der Waals surface area contributed by atoms with Crippen molar-refractivity contribution in [3.05, 3.63) is 22.9 Å².